The Morgan fingerprint density at radius 1 is 1.33 bits per heavy atom. The van der Waals surface area contributed by atoms with Gasteiger partial charge in [-0.05, 0) is 30.5 Å². The molecule has 1 amide bonds. The van der Waals surface area contributed by atoms with Crippen molar-refractivity contribution < 1.29 is 4.79 Å². The van der Waals surface area contributed by atoms with Gasteiger partial charge in [0.15, 0.2) is 0 Å². The van der Waals surface area contributed by atoms with Crippen molar-refractivity contribution >= 4 is 35.0 Å². The molecule has 0 aliphatic carbocycles. The lowest BCUT2D eigenvalue weighted by Crippen LogP contribution is -2.12. The number of nitrogens with zero attached hydrogens (tertiary/aromatic N) is 1. The van der Waals surface area contributed by atoms with E-state index >= 15 is 0 Å². The molecule has 18 heavy (non-hydrogen) atoms. The number of anilines is 1. The van der Waals surface area contributed by atoms with Gasteiger partial charge in [-0.1, -0.05) is 23.7 Å². The molecule has 2 aromatic rings. The molecular formula is C13H11ClN2OS. The number of carbonyl (C=O) groups is 1. The predicted octanol–water partition coefficient (Wildman–Crippen LogP) is 3.71. The zero-order valence-electron chi connectivity index (χ0n) is 9.68. The Hall–Kier alpha value is -1.52. The van der Waals surface area contributed by atoms with Crippen LogP contribution in [0.1, 0.15) is 10.4 Å². The maximum Gasteiger partial charge on any atom is 0.256 e. The lowest BCUT2D eigenvalue weighted by atomic mass is 10.2. The Morgan fingerprint density at radius 3 is 2.83 bits per heavy atom. The van der Waals surface area contributed by atoms with E-state index in [9.17, 15) is 4.79 Å². The number of amides is 1. The standard InChI is InChI=1S/C13H11ClN2OS/c1-18-11-5-3-2-4-10(11)13(17)16-9-6-7-15-12(14)8-9/h2-8H,1H3,(H,15,16,17). The first-order chi connectivity index (χ1) is 8.70. The normalized spacial score (nSPS) is 10.1. The molecule has 1 N–H and O–H groups in total. The largest absolute Gasteiger partial charge is 0.322 e. The van der Waals surface area contributed by atoms with Crippen LogP contribution in [0.2, 0.25) is 5.15 Å². The van der Waals surface area contributed by atoms with Gasteiger partial charge in [0.2, 0.25) is 0 Å². The van der Waals surface area contributed by atoms with Crippen LogP contribution in [0.15, 0.2) is 47.5 Å². The van der Waals surface area contributed by atoms with E-state index in [0.29, 0.717) is 16.4 Å². The number of halogens is 1. The van der Waals surface area contributed by atoms with Crippen molar-refractivity contribution in [2.24, 2.45) is 0 Å². The van der Waals surface area contributed by atoms with Gasteiger partial charge in [-0.15, -0.1) is 11.8 Å². The second-order valence-electron chi connectivity index (χ2n) is 3.52. The first kappa shape index (κ1) is 12.9. The van der Waals surface area contributed by atoms with Gasteiger partial charge in [-0.2, -0.15) is 0 Å². The van der Waals surface area contributed by atoms with Crippen molar-refractivity contribution in [2.45, 2.75) is 4.90 Å². The molecule has 0 saturated heterocycles. The molecule has 0 aliphatic heterocycles. The van der Waals surface area contributed by atoms with Crippen molar-refractivity contribution in [1.82, 2.24) is 4.98 Å². The van der Waals surface area contributed by atoms with E-state index in [0.717, 1.165) is 4.90 Å². The van der Waals surface area contributed by atoms with Crippen LogP contribution < -0.4 is 5.32 Å². The van der Waals surface area contributed by atoms with Gasteiger partial charge in [0, 0.05) is 16.8 Å². The third-order valence-corrected chi connectivity index (χ3v) is 3.34. The molecular weight excluding hydrogens is 268 g/mol. The molecule has 2 rings (SSSR count). The van der Waals surface area contributed by atoms with Crippen molar-refractivity contribution in [3.8, 4) is 0 Å². The summed E-state index contributed by atoms with van der Waals surface area (Å²) >= 11 is 7.30. The number of benzene rings is 1. The number of aromatic nitrogens is 1. The fourth-order valence-corrected chi connectivity index (χ4v) is 2.28. The van der Waals surface area contributed by atoms with Crippen LogP contribution in [0, 0.1) is 0 Å². The number of hydrogen-bond acceptors (Lipinski definition) is 3. The minimum Gasteiger partial charge on any atom is -0.322 e. The zero-order chi connectivity index (χ0) is 13.0. The summed E-state index contributed by atoms with van der Waals surface area (Å²) in [6, 6.07) is 10.8. The highest BCUT2D eigenvalue weighted by Crippen LogP contribution is 2.21. The number of pyridine rings is 1. The molecule has 0 unspecified atom stereocenters. The van der Waals surface area contributed by atoms with Gasteiger partial charge >= 0.3 is 0 Å². The molecule has 0 bridgehead atoms. The number of carbonyl (C=O) groups excluding carboxylic acids is 1. The number of nitrogens with one attached hydrogen (secondary N) is 1. The van der Waals surface area contributed by atoms with Crippen molar-refractivity contribution in [2.75, 3.05) is 11.6 Å². The minimum absolute atomic E-state index is 0.151. The Labute approximate surface area is 115 Å². The van der Waals surface area contributed by atoms with Gasteiger partial charge in [-0.3, -0.25) is 4.79 Å². The molecule has 0 aliphatic rings. The third kappa shape index (κ3) is 3.03. The predicted molar refractivity (Wildman–Crippen MR) is 75.4 cm³/mol. The molecule has 3 nitrogen and oxygen atoms in total. The fourth-order valence-electron chi connectivity index (χ4n) is 1.51. The highest BCUT2D eigenvalue weighted by atomic mass is 35.5. The highest BCUT2D eigenvalue weighted by Gasteiger charge is 2.10. The van der Waals surface area contributed by atoms with Gasteiger partial charge < -0.3 is 5.32 Å². The van der Waals surface area contributed by atoms with Crippen LogP contribution in [0.25, 0.3) is 0 Å². The highest BCUT2D eigenvalue weighted by molar-refractivity contribution is 7.98. The van der Waals surface area contributed by atoms with Gasteiger partial charge in [-0.25, -0.2) is 4.98 Å². The van der Waals surface area contributed by atoms with Crippen molar-refractivity contribution in [3.05, 3.63) is 53.3 Å². The minimum atomic E-state index is -0.151. The maximum absolute atomic E-state index is 12.1. The molecule has 0 spiro atoms. The SMILES string of the molecule is CSc1ccccc1C(=O)Nc1ccnc(Cl)c1. The molecule has 0 saturated carbocycles. The van der Waals surface area contributed by atoms with E-state index in [2.05, 4.69) is 10.3 Å². The molecule has 1 heterocycles. The van der Waals surface area contributed by atoms with E-state index in [4.69, 9.17) is 11.6 Å². The molecule has 1 aromatic carbocycles. The summed E-state index contributed by atoms with van der Waals surface area (Å²) in [4.78, 5) is 16.9. The van der Waals surface area contributed by atoms with Crippen LogP contribution in [0.4, 0.5) is 5.69 Å². The monoisotopic (exact) mass is 278 g/mol. The van der Waals surface area contributed by atoms with Gasteiger partial charge in [0.1, 0.15) is 5.15 Å². The first-order valence-corrected chi connectivity index (χ1v) is 6.87. The summed E-state index contributed by atoms with van der Waals surface area (Å²) in [7, 11) is 0. The van der Waals surface area contributed by atoms with Crippen LogP contribution in [0.3, 0.4) is 0 Å². The molecule has 1 aromatic heterocycles. The molecule has 0 fully saturated rings. The Bertz CT molecular complexity index is 574. The second kappa shape index (κ2) is 5.89. The third-order valence-electron chi connectivity index (χ3n) is 2.34. The van der Waals surface area contributed by atoms with E-state index < -0.39 is 0 Å². The zero-order valence-corrected chi connectivity index (χ0v) is 11.3. The molecule has 0 radical (unpaired) electrons. The van der Waals surface area contributed by atoms with Crippen LogP contribution >= 0.6 is 23.4 Å². The van der Waals surface area contributed by atoms with Crippen molar-refractivity contribution in [3.63, 3.8) is 0 Å². The fraction of sp³-hybridized carbons (Fsp3) is 0.0769. The maximum atomic E-state index is 12.1. The number of rotatable bonds is 3. The quantitative estimate of drug-likeness (QED) is 0.687. The number of hydrogen-bond donors (Lipinski definition) is 1. The Balaban J connectivity index is 2.22. The summed E-state index contributed by atoms with van der Waals surface area (Å²) in [5.74, 6) is -0.151. The molecule has 5 heteroatoms. The summed E-state index contributed by atoms with van der Waals surface area (Å²) in [6.45, 7) is 0. The lowest BCUT2D eigenvalue weighted by Gasteiger charge is -2.08. The average molecular weight is 279 g/mol. The van der Waals surface area contributed by atoms with E-state index in [1.807, 2.05) is 24.5 Å². The summed E-state index contributed by atoms with van der Waals surface area (Å²) in [6.07, 6.45) is 3.49. The smallest absolute Gasteiger partial charge is 0.256 e. The van der Waals surface area contributed by atoms with Crippen LogP contribution in [-0.4, -0.2) is 17.1 Å². The summed E-state index contributed by atoms with van der Waals surface area (Å²) < 4.78 is 0. The lowest BCUT2D eigenvalue weighted by molar-refractivity contribution is 0.102. The van der Waals surface area contributed by atoms with E-state index in [1.165, 1.54) is 11.8 Å². The number of thioether (sulfide) groups is 1. The second-order valence-corrected chi connectivity index (χ2v) is 4.76. The van der Waals surface area contributed by atoms with E-state index in [-0.39, 0.29) is 5.91 Å². The van der Waals surface area contributed by atoms with Gasteiger partial charge in [0.25, 0.3) is 5.91 Å². The Kier molecular flexibility index (Phi) is 4.23. The molecule has 0 atom stereocenters. The molecule has 92 valence electrons. The van der Waals surface area contributed by atoms with Crippen LogP contribution in [0.5, 0.6) is 0 Å². The first-order valence-electron chi connectivity index (χ1n) is 5.26. The van der Waals surface area contributed by atoms with Gasteiger partial charge in [0.05, 0.1) is 5.56 Å². The van der Waals surface area contributed by atoms with Crippen molar-refractivity contribution in [1.29, 1.82) is 0 Å². The Morgan fingerprint density at radius 2 is 2.11 bits per heavy atom. The topological polar surface area (TPSA) is 42.0 Å². The summed E-state index contributed by atoms with van der Waals surface area (Å²) in [5.41, 5.74) is 1.29. The van der Waals surface area contributed by atoms with E-state index in [1.54, 1.807) is 24.4 Å². The van der Waals surface area contributed by atoms with Crippen LogP contribution in [-0.2, 0) is 0 Å². The summed E-state index contributed by atoms with van der Waals surface area (Å²) in [5, 5.41) is 3.15. The average Bonchev–Trinajstić information content (AvgIpc) is 2.38.